The lowest BCUT2D eigenvalue weighted by Gasteiger charge is -1.95. The number of aromatic nitrogens is 2. The summed E-state index contributed by atoms with van der Waals surface area (Å²) >= 11 is 0. The van der Waals surface area contributed by atoms with Crippen LogP contribution in [-0.2, 0) is 0 Å². The SMILES string of the molecule is O=C(O)c1c[nH]c2c(C(=O)O)nccc12. The molecule has 0 unspecified atom stereocenters. The van der Waals surface area contributed by atoms with Gasteiger partial charge in [0, 0.05) is 17.8 Å². The van der Waals surface area contributed by atoms with E-state index >= 15 is 0 Å². The number of H-pyrrole nitrogens is 1. The van der Waals surface area contributed by atoms with Crippen molar-refractivity contribution >= 4 is 22.8 Å². The van der Waals surface area contributed by atoms with Gasteiger partial charge in [-0.2, -0.15) is 0 Å². The van der Waals surface area contributed by atoms with Crippen LogP contribution in [0.5, 0.6) is 0 Å². The summed E-state index contributed by atoms with van der Waals surface area (Å²) in [4.78, 5) is 27.8. The van der Waals surface area contributed by atoms with Gasteiger partial charge >= 0.3 is 11.9 Å². The Bertz CT molecular complexity index is 558. The summed E-state index contributed by atoms with van der Waals surface area (Å²) in [6, 6.07) is 1.46. The summed E-state index contributed by atoms with van der Waals surface area (Å²) in [5, 5.41) is 18.0. The fraction of sp³-hybridized carbons (Fsp3) is 0. The van der Waals surface area contributed by atoms with Crippen molar-refractivity contribution in [1.82, 2.24) is 9.97 Å². The van der Waals surface area contributed by atoms with E-state index in [0.29, 0.717) is 5.39 Å². The summed E-state index contributed by atoms with van der Waals surface area (Å²) in [6.45, 7) is 0. The monoisotopic (exact) mass is 206 g/mol. The van der Waals surface area contributed by atoms with E-state index in [0.717, 1.165) is 0 Å². The Morgan fingerprint density at radius 2 is 2.00 bits per heavy atom. The number of aromatic amines is 1. The van der Waals surface area contributed by atoms with Gasteiger partial charge in [0.25, 0.3) is 0 Å². The molecule has 0 fully saturated rings. The van der Waals surface area contributed by atoms with Gasteiger partial charge < -0.3 is 15.2 Å². The molecule has 0 aliphatic rings. The molecule has 2 aromatic rings. The number of pyridine rings is 1. The molecule has 0 bridgehead atoms. The van der Waals surface area contributed by atoms with E-state index in [1.807, 2.05) is 0 Å². The third-order valence-corrected chi connectivity index (χ3v) is 2.03. The van der Waals surface area contributed by atoms with E-state index in [4.69, 9.17) is 10.2 Å². The van der Waals surface area contributed by atoms with Crippen molar-refractivity contribution in [3.63, 3.8) is 0 Å². The van der Waals surface area contributed by atoms with Crippen molar-refractivity contribution in [1.29, 1.82) is 0 Å². The maximum Gasteiger partial charge on any atom is 0.356 e. The number of rotatable bonds is 2. The van der Waals surface area contributed by atoms with Gasteiger partial charge in [-0.25, -0.2) is 14.6 Å². The van der Waals surface area contributed by atoms with Crippen molar-refractivity contribution in [3.8, 4) is 0 Å². The molecule has 6 heteroatoms. The predicted octanol–water partition coefficient (Wildman–Crippen LogP) is 0.959. The molecule has 0 radical (unpaired) electrons. The first-order valence-electron chi connectivity index (χ1n) is 4.04. The number of carbonyl (C=O) groups is 2. The average molecular weight is 206 g/mol. The van der Waals surface area contributed by atoms with Crippen molar-refractivity contribution < 1.29 is 19.8 Å². The number of hydrogen-bond donors (Lipinski definition) is 3. The van der Waals surface area contributed by atoms with Gasteiger partial charge in [-0.15, -0.1) is 0 Å². The Balaban J connectivity index is 2.80. The Morgan fingerprint density at radius 3 is 2.60 bits per heavy atom. The molecule has 0 aliphatic heterocycles. The van der Waals surface area contributed by atoms with Gasteiger partial charge in [-0.3, -0.25) is 0 Å². The smallest absolute Gasteiger partial charge is 0.356 e. The molecule has 0 saturated carbocycles. The number of carboxylic acid groups (broad SMARTS) is 2. The predicted molar refractivity (Wildman–Crippen MR) is 50.0 cm³/mol. The molecule has 76 valence electrons. The van der Waals surface area contributed by atoms with Gasteiger partial charge in [-0.05, 0) is 6.07 Å². The molecule has 3 N–H and O–H groups in total. The summed E-state index contributed by atoms with van der Waals surface area (Å²) in [6.07, 6.45) is 2.52. The van der Waals surface area contributed by atoms with Crippen molar-refractivity contribution in [2.45, 2.75) is 0 Å². The second kappa shape index (κ2) is 3.09. The van der Waals surface area contributed by atoms with E-state index < -0.39 is 11.9 Å². The normalized spacial score (nSPS) is 10.4. The second-order valence-corrected chi connectivity index (χ2v) is 2.89. The minimum absolute atomic E-state index is 0.0369. The molecule has 0 aromatic carbocycles. The molecule has 0 amide bonds. The van der Waals surface area contributed by atoms with Crippen LogP contribution in [0.1, 0.15) is 20.8 Å². The van der Waals surface area contributed by atoms with Gasteiger partial charge in [0.05, 0.1) is 11.1 Å². The van der Waals surface area contributed by atoms with E-state index in [2.05, 4.69) is 9.97 Å². The van der Waals surface area contributed by atoms with E-state index in [-0.39, 0.29) is 16.8 Å². The number of aromatic carboxylic acids is 2. The second-order valence-electron chi connectivity index (χ2n) is 2.89. The minimum Gasteiger partial charge on any atom is -0.478 e. The van der Waals surface area contributed by atoms with E-state index in [9.17, 15) is 9.59 Å². The van der Waals surface area contributed by atoms with Crippen LogP contribution in [0.4, 0.5) is 0 Å². The summed E-state index contributed by atoms with van der Waals surface area (Å²) in [5.41, 5.74) is 0.0808. The zero-order chi connectivity index (χ0) is 11.0. The van der Waals surface area contributed by atoms with Crippen LogP contribution in [0.2, 0.25) is 0 Å². The quantitative estimate of drug-likeness (QED) is 0.678. The van der Waals surface area contributed by atoms with Crippen LogP contribution in [0.25, 0.3) is 10.9 Å². The summed E-state index contributed by atoms with van der Waals surface area (Å²) < 4.78 is 0. The Labute approximate surface area is 83.2 Å². The molecule has 6 nitrogen and oxygen atoms in total. The molecule has 0 saturated heterocycles. The molecule has 0 atom stereocenters. The Morgan fingerprint density at radius 1 is 1.27 bits per heavy atom. The molecule has 2 rings (SSSR count). The first-order chi connectivity index (χ1) is 7.11. The minimum atomic E-state index is -1.20. The van der Waals surface area contributed by atoms with Gasteiger partial charge in [0.2, 0.25) is 0 Å². The third kappa shape index (κ3) is 1.32. The van der Waals surface area contributed by atoms with Gasteiger partial charge in [0.15, 0.2) is 5.69 Å². The fourth-order valence-electron chi connectivity index (χ4n) is 1.39. The maximum absolute atomic E-state index is 10.8. The Kier molecular flexibility index (Phi) is 1.89. The van der Waals surface area contributed by atoms with E-state index in [1.165, 1.54) is 18.5 Å². The number of hydrogen-bond acceptors (Lipinski definition) is 3. The van der Waals surface area contributed by atoms with Crippen molar-refractivity contribution in [2.75, 3.05) is 0 Å². The Hall–Kier alpha value is -2.37. The highest BCUT2D eigenvalue weighted by Crippen LogP contribution is 2.19. The van der Waals surface area contributed by atoms with E-state index in [1.54, 1.807) is 0 Å². The number of fused-ring (bicyclic) bond motifs is 1. The molecule has 15 heavy (non-hydrogen) atoms. The molecule has 2 heterocycles. The van der Waals surface area contributed by atoms with Crippen LogP contribution in [0, 0.1) is 0 Å². The topological polar surface area (TPSA) is 103 Å². The van der Waals surface area contributed by atoms with Crippen LogP contribution < -0.4 is 0 Å². The zero-order valence-electron chi connectivity index (χ0n) is 7.39. The van der Waals surface area contributed by atoms with Crippen LogP contribution in [0.15, 0.2) is 18.5 Å². The standard InChI is InChI=1S/C9H6N2O4/c12-8(13)5-3-11-6-4(5)1-2-10-7(6)9(14)15/h1-3,11H,(H,12,13)(H,14,15). The number of carboxylic acids is 2. The van der Waals surface area contributed by atoms with Crippen LogP contribution >= 0.6 is 0 Å². The van der Waals surface area contributed by atoms with Crippen molar-refractivity contribution in [2.24, 2.45) is 0 Å². The van der Waals surface area contributed by atoms with Crippen LogP contribution in [0.3, 0.4) is 0 Å². The molecule has 2 aromatic heterocycles. The summed E-state index contributed by atoms with van der Waals surface area (Å²) in [7, 11) is 0. The average Bonchev–Trinajstić information content (AvgIpc) is 2.59. The summed E-state index contributed by atoms with van der Waals surface area (Å²) in [5.74, 6) is -2.30. The lowest BCUT2D eigenvalue weighted by atomic mass is 10.2. The first kappa shape index (κ1) is 9.20. The fourth-order valence-corrected chi connectivity index (χ4v) is 1.39. The first-order valence-corrected chi connectivity index (χ1v) is 4.04. The lowest BCUT2D eigenvalue weighted by Crippen LogP contribution is -2.01. The van der Waals surface area contributed by atoms with Crippen molar-refractivity contribution in [3.05, 3.63) is 29.7 Å². The molecular weight excluding hydrogens is 200 g/mol. The highest BCUT2D eigenvalue weighted by Gasteiger charge is 2.16. The highest BCUT2D eigenvalue weighted by molar-refractivity contribution is 6.08. The van der Waals surface area contributed by atoms with Gasteiger partial charge in [0.1, 0.15) is 0 Å². The lowest BCUT2D eigenvalue weighted by molar-refractivity contribution is 0.0683. The third-order valence-electron chi connectivity index (χ3n) is 2.03. The zero-order valence-corrected chi connectivity index (χ0v) is 7.39. The number of nitrogens with zero attached hydrogens (tertiary/aromatic N) is 1. The molecule has 0 aliphatic carbocycles. The maximum atomic E-state index is 10.8. The highest BCUT2D eigenvalue weighted by atomic mass is 16.4. The van der Waals surface area contributed by atoms with Gasteiger partial charge in [-0.1, -0.05) is 0 Å². The largest absolute Gasteiger partial charge is 0.478 e. The molecule has 0 spiro atoms. The van der Waals surface area contributed by atoms with Crippen LogP contribution in [-0.4, -0.2) is 32.1 Å². The molecular formula is C9H6N2O4. The number of nitrogens with one attached hydrogen (secondary N) is 1.